The van der Waals surface area contributed by atoms with Gasteiger partial charge in [-0.05, 0) is 38.0 Å². The van der Waals surface area contributed by atoms with E-state index in [0.29, 0.717) is 0 Å². The summed E-state index contributed by atoms with van der Waals surface area (Å²) in [5, 5.41) is 4.75. The highest BCUT2D eigenvalue weighted by Gasteiger charge is 2.38. The summed E-state index contributed by atoms with van der Waals surface area (Å²) in [5.41, 5.74) is 0.268. The Kier molecular flexibility index (Phi) is 4.66. The molecule has 0 atom stereocenters. The predicted molar refractivity (Wildman–Crippen MR) is 78.8 cm³/mol. The van der Waals surface area contributed by atoms with Crippen LogP contribution in [0, 0.1) is 5.92 Å². The molecular weight excluding hydrogens is 260 g/mol. The number of ether oxygens (including phenoxy) is 2. The molecule has 1 saturated carbocycles. The second kappa shape index (κ2) is 6.46. The summed E-state index contributed by atoms with van der Waals surface area (Å²) in [6.45, 7) is 4.47. The largest absolute Gasteiger partial charge is 0.381 e. The van der Waals surface area contributed by atoms with Gasteiger partial charge < -0.3 is 14.8 Å². The second-order valence-electron chi connectivity index (χ2n) is 5.87. The van der Waals surface area contributed by atoms with Gasteiger partial charge in [-0.2, -0.15) is 0 Å². The van der Waals surface area contributed by atoms with Crippen molar-refractivity contribution in [3.63, 3.8) is 0 Å². The minimum atomic E-state index is 0.268. The molecule has 5 heteroatoms. The smallest absolute Gasteiger partial charge is 0.157 e. The molecule has 2 saturated heterocycles. The lowest BCUT2D eigenvalue weighted by Crippen LogP contribution is -2.48. The highest BCUT2D eigenvalue weighted by Crippen LogP contribution is 2.31. The van der Waals surface area contributed by atoms with Gasteiger partial charge in [-0.3, -0.25) is 4.99 Å². The number of nitrogens with one attached hydrogen (secondary N) is 1. The van der Waals surface area contributed by atoms with Gasteiger partial charge in [0.25, 0.3) is 0 Å². The van der Waals surface area contributed by atoms with Gasteiger partial charge in [0.1, 0.15) is 0 Å². The summed E-state index contributed by atoms with van der Waals surface area (Å²) in [6, 6.07) is 0. The van der Waals surface area contributed by atoms with Crippen molar-refractivity contribution in [1.82, 2.24) is 5.32 Å². The average molecular weight is 284 g/mol. The molecule has 0 bridgehead atoms. The summed E-state index contributed by atoms with van der Waals surface area (Å²) in [5.74, 6) is 2.01. The van der Waals surface area contributed by atoms with E-state index in [9.17, 15) is 0 Å². The molecular formula is C14H24N2O2S. The van der Waals surface area contributed by atoms with E-state index in [0.717, 1.165) is 69.1 Å². The molecule has 19 heavy (non-hydrogen) atoms. The summed E-state index contributed by atoms with van der Waals surface area (Å²) in [4.78, 5) is 4.65. The Labute approximate surface area is 119 Å². The first-order chi connectivity index (χ1) is 9.36. The molecule has 2 heterocycles. The minimum Gasteiger partial charge on any atom is -0.381 e. The van der Waals surface area contributed by atoms with E-state index in [1.54, 1.807) is 0 Å². The number of aliphatic imine (C=N–C) groups is 1. The molecule has 0 unspecified atom stereocenters. The van der Waals surface area contributed by atoms with E-state index in [-0.39, 0.29) is 5.54 Å². The fraction of sp³-hybridized carbons (Fsp3) is 0.929. The summed E-state index contributed by atoms with van der Waals surface area (Å²) >= 11 is 1.87. The summed E-state index contributed by atoms with van der Waals surface area (Å²) < 4.78 is 11.1. The maximum atomic E-state index is 5.62. The summed E-state index contributed by atoms with van der Waals surface area (Å²) in [7, 11) is 0. The van der Waals surface area contributed by atoms with Crippen LogP contribution in [0.1, 0.15) is 32.1 Å². The van der Waals surface area contributed by atoms with Crippen LogP contribution in [0.3, 0.4) is 0 Å². The fourth-order valence-electron chi connectivity index (χ4n) is 2.50. The molecule has 0 radical (unpaired) electrons. The monoisotopic (exact) mass is 284 g/mol. The Bertz CT molecular complexity index is 325. The maximum Gasteiger partial charge on any atom is 0.157 e. The first-order valence-electron chi connectivity index (χ1n) is 7.47. The van der Waals surface area contributed by atoms with E-state index in [4.69, 9.17) is 9.47 Å². The van der Waals surface area contributed by atoms with Crippen molar-refractivity contribution in [3.05, 3.63) is 0 Å². The van der Waals surface area contributed by atoms with Crippen molar-refractivity contribution >= 4 is 16.9 Å². The Hall–Kier alpha value is -0.260. The van der Waals surface area contributed by atoms with Crippen LogP contribution in [-0.2, 0) is 9.47 Å². The van der Waals surface area contributed by atoms with Gasteiger partial charge in [-0.15, -0.1) is 0 Å². The molecule has 0 aromatic rings. The second-order valence-corrected chi connectivity index (χ2v) is 6.83. The zero-order valence-corrected chi connectivity index (χ0v) is 12.3. The van der Waals surface area contributed by atoms with Crippen LogP contribution < -0.4 is 5.32 Å². The normalized spacial score (nSPS) is 27.9. The van der Waals surface area contributed by atoms with Crippen molar-refractivity contribution in [2.75, 3.05) is 38.7 Å². The minimum absolute atomic E-state index is 0.268. The zero-order valence-electron chi connectivity index (χ0n) is 11.5. The van der Waals surface area contributed by atoms with Gasteiger partial charge in [0.15, 0.2) is 5.17 Å². The third-order valence-electron chi connectivity index (χ3n) is 4.06. The topological polar surface area (TPSA) is 42.9 Å². The molecule has 0 amide bonds. The Morgan fingerprint density at radius 1 is 1.37 bits per heavy atom. The standard InChI is InChI=1S/C14H24N2O2S/c1(7-18-10-12-2-3-12)6-15-13-16-14(11-19-13)4-8-17-9-5-14/h12H,1-11H2,(H,15,16). The van der Waals surface area contributed by atoms with Crippen molar-refractivity contribution in [2.45, 2.75) is 37.6 Å². The maximum absolute atomic E-state index is 5.62. The van der Waals surface area contributed by atoms with Crippen LogP contribution in [0.4, 0.5) is 0 Å². The number of hydrogen-bond acceptors (Lipinski definition) is 4. The average Bonchev–Trinajstić information content (AvgIpc) is 3.18. The highest BCUT2D eigenvalue weighted by atomic mass is 32.2. The van der Waals surface area contributed by atoms with Crippen molar-refractivity contribution in [1.29, 1.82) is 0 Å². The molecule has 3 fully saturated rings. The molecule has 1 N–H and O–H groups in total. The lowest BCUT2D eigenvalue weighted by atomic mass is 9.93. The van der Waals surface area contributed by atoms with Crippen LogP contribution in [0.2, 0.25) is 0 Å². The molecule has 3 rings (SSSR count). The first-order valence-corrected chi connectivity index (χ1v) is 8.46. The number of thioether (sulfide) groups is 1. The van der Waals surface area contributed by atoms with Crippen molar-refractivity contribution < 1.29 is 9.47 Å². The third-order valence-corrected chi connectivity index (χ3v) is 5.26. The number of hydrogen-bond donors (Lipinski definition) is 1. The number of rotatable bonds is 6. The lowest BCUT2D eigenvalue weighted by Gasteiger charge is -2.32. The molecule has 1 aliphatic carbocycles. The summed E-state index contributed by atoms with van der Waals surface area (Å²) in [6.07, 6.45) is 6.00. The van der Waals surface area contributed by atoms with E-state index in [1.165, 1.54) is 12.8 Å². The van der Waals surface area contributed by atoms with Gasteiger partial charge in [0.05, 0.1) is 5.54 Å². The van der Waals surface area contributed by atoms with Crippen LogP contribution in [0.25, 0.3) is 0 Å². The third kappa shape index (κ3) is 4.10. The van der Waals surface area contributed by atoms with Gasteiger partial charge in [0.2, 0.25) is 0 Å². The van der Waals surface area contributed by atoms with E-state index in [2.05, 4.69) is 10.3 Å². The predicted octanol–water partition coefficient (Wildman–Crippen LogP) is 2.04. The van der Waals surface area contributed by atoms with Crippen LogP contribution in [0.15, 0.2) is 4.99 Å². The van der Waals surface area contributed by atoms with Crippen LogP contribution in [0.5, 0.6) is 0 Å². The fourth-order valence-corrected chi connectivity index (χ4v) is 3.75. The van der Waals surface area contributed by atoms with Crippen LogP contribution in [-0.4, -0.2) is 49.4 Å². The Morgan fingerprint density at radius 2 is 2.21 bits per heavy atom. The van der Waals surface area contributed by atoms with Gasteiger partial charge in [-0.25, -0.2) is 0 Å². The number of amidine groups is 1. The molecule has 4 nitrogen and oxygen atoms in total. The van der Waals surface area contributed by atoms with Gasteiger partial charge >= 0.3 is 0 Å². The first kappa shape index (κ1) is 13.7. The SMILES string of the molecule is C(CN=C1NC2(CCOCC2)CS1)COCC1CC1. The van der Waals surface area contributed by atoms with E-state index in [1.807, 2.05) is 11.8 Å². The molecule has 1 spiro atoms. The van der Waals surface area contributed by atoms with Crippen LogP contribution >= 0.6 is 11.8 Å². The molecule has 0 aromatic heterocycles. The zero-order chi connectivity index (χ0) is 13.0. The Balaban J connectivity index is 1.32. The van der Waals surface area contributed by atoms with E-state index >= 15 is 0 Å². The molecule has 0 aromatic carbocycles. The Morgan fingerprint density at radius 3 is 3.00 bits per heavy atom. The molecule has 3 aliphatic rings. The van der Waals surface area contributed by atoms with Crippen molar-refractivity contribution in [2.24, 2.45) is 10.9 Å². The quantitative estimate of drug-likeness (QED) is 0.758. The highest BCUT2D eigenvalue weighted by molar-refractivity contribution is 8.14. The van der Waals surface area contributed by atoms with Gasteiger partial charge in [-0.1, -0.05) is 11.8 Å². The van der Waals surface area contributed by atoms with Crippen molar-refractivity contribution in [3.8, 4) is 0 Å². The molecule has 108 valence electrons. The van der Waals surface area contributed by atoms with Gasteiger partial charge in [0, 0.05) is 38.7 Å². The number of nitrogens with zero attached hydrogens (tertiary/aromatic N) is 1. The lowest BCUT2D eigenvalue weighted by molar-refractivity contribution is 0.0555. The molecule has 2 aliphatic heterocycles. The van der Waals surface area contributed by atoms with E-state index < -0.39 is 0 Å².